The Bertz CT molecular complexity index is 548. The SMILES string of the molecule is O=C(CNC(=O)c1ccc(OCC2CCCO2)cc1)NC1CC1. The lowest BCUT2D eigenvalue weighted by molar-refractivity contribution is -0.120. The molecule has 1 aromatic rings. The second-order valence-electron chi connectivity index (χ2n) is 5.99. The standard InChI is InChI=1S/C17H22N2O4/c20-16(19-13-5-6-13)10-18-17(21)12-3-7-14(8-4-12)23-11-15-2-1-9-22-15/h3-4,7-8,13,15H,1-2,5-6,9-11H2,(H,18,21)(H,19,20). The van der Waals surface area contributed by atoms with Crippen LogP contribution in [0, 0.1) is 0 Å². The highest BCUT2D eigenvalue weighted by Gasteiger charge is 2.23. The molecule has 1 aromatic carbocycles. The first-order valence-corrected chi connectivity index (χ1v) is 8.13. The van der Waals surface area contributed by atoms with Gasteiger partial charge in [-0.2, -0.15) is 0 Å². The van der Waals surface area contributed by atoms with Crippen LogP contribution in [-0.2, 0) is 9.53 Å². The van der Waals surface area contributed by atoms with Crippen LogP contribution in [0.1, 0.15) is 36.0 Å². The van der Waals surface area contributed by atoms with E-state index < -0.39 is 0 Å². The van der Waals surface area contributed by atoms with Gasteiger partial charge in [0.05, 0.1) is 12.6 Å². The maximum atomic E-state index is 12.0. The van der Waals surface area contributed by atoms with E-state index in [1.54, 1.807) is 24.3 Å². The number of hydrogen-bond acceptors (Lipinski definition) is 4. The van der Waals surface area contributed by atoms with E-state index in [1.165, 1.54) is 0 Å². The highest BCUT2D eigenvalue weighted by atomic mass is 16.5. The van der Waals surface area contributed by atoms with E-state index in [0.717, 1.165) is 32.3 Å². The zero-order valence-electron chi connectivity index (χ0n) is 13.0. The zero-order chi connectivity index (χ0) is 16.1. The molecule has 6 nitrogen and oxygen atoms in total. The molecule has 3 rings (SSSR count). The lowest BCUT2D eigenvalue weighted by Gasteiger charge is -2.11. The Balaban J connectivity index is 1.41. The molecule has 0 bridgehead atoms. The zero-order valence-corrected chi connectivity index (χ0v) is 13.0. The smallest absolute Gasteiger partial charge is 0.251 e. The second kappa shape index (κ2) is 7.46. The third-order valence-corrected chi connectivity index (χ3v) is 3.93. The van der Waals surface area contributed by atoms with Crippen LogP contribution in [0.5, 0.6) is 5.75 Å². The summed E-state index contributed by atoms with van der Waals surface area (Å²) in [5, 5.41) is 5.44. The molecular formula is C17H22N2O4. The van der Waals surface area contributed by atoms with Crippen molar-refractivity contribution in [2.75, 3.05) is 19.8 Å². The summed E-state index contributed by atoms with van der Waals surface area (Å²) in [6.07, 6.45) is 4.35. The first kappa shape index (κ1) is 15.8. The van der Waals surface area contributed by atoms with E-state index in [0.29, 0.717) is 24.0 Å². The van der Waals surface area contributed by atoms with Gasteiger partial charge >= 0.3 is 0 Å². The van der Waals surface area contributed by atoms with E-state index in [9.17, 15) is 9.59 Å². The molecule has 6 heteroatoms. The Kier molecular flexibility index (Phi) is 5.12. The molecule has 1 aliphatic heterocycles. The van der Waals surface area contributed by atoms with Gasteiger partial charge in [-0.25, -0.2) is 0 Å². The lowest BCUT2D eigenvalue weighted by Crippen LogP contribution is -2.37. The summed E-state index contributed by atoms with van der Waals surface area (Å²) in [5.41, 5.74) is 0.508. The van der Waals surface area contributed by atoms with Crippen LogP contribution in [0.2, 0.25) is 0 Å². The fourth-order valence-corrected chi connectivity index (χ4v) is 2.44. The topological polar surface area (TPSA) is 76.7 Å². The van der Waals surface area contributed by atoms with Crippen molar-refractivity contribution in [1.82, 2.24) is 10.6 Å². The van der Waals surface area contributed by atoms with Crippen molar-refractivity contribution in [2.24, 2.45) is 0 Å². The van der Waals surface area contributed by atoms with Crippen molar-refractivity contribution in [2.45, 2.75) is 37.8 Å². The van der Waals surface area contributed by atoms with Crippen LogP contribution in [-0.4, -0.2) is 43.7 Å². The summed E-state index contributed by atoms with van der Waals surface area (Å²) in [6.45, 7) is 1.35. The van der Waals surface area contributed by atoms with Crippen LogP contribution in [0.4, 0.5) is 0 Å². The molecule has 1 atom stereocenters. The van der Waals surface area contributed by atoms with E-state index >= 15 is 0 Å². The van der Waals surface area contributed by atoms with E-state index in [1.807, 2.05) is 0 Å². The summed E-state index contributed by atoms with van der Waals surface area (Å²) < 4.78 is 11.1. The minimum Gasteiger partial charge on any atom is -0.491 e. The summed E-state index contributed by atoms with van der Waals surface area (Å²) in [4.78, 5) is 23.5. The molecule has 1 aliphatic carbocycles. The van der Waals surface area contributed by atoms with E-state index in [2.05, 4.69) is 10.6 Å². The van der Waals surface area contributed by atoms with Gasteiger partial charge in [0.15, 0.2) is 0 Å². The van der Waals surface area contributed by atoms with Crippen molar-refractivity contribution in [3.05, 3.63) is 29.8 Å². The Morgan fingerprint density at radius 2 is 1.96 bits per heavy atom. The van der Waals surface area contributed by atoms with Gasteiger partial charge in [0.25, 0.3) is 5.91 Å². The lowest BCUT2D eigenvalue weighted by atomic mass is 10.2. The first-order valence-electron chi connectivity index (χ1n) is 8.13. The predicted molar refractivity (Wildman–Crippen MR) is 84.4 cm³/mol. The van der Waals surface area contributed by atoms with Crippen LogP contribution >= 0.6 is 0 Å². The third kappa shape index (κ3) is 4.96. The molecule has 1 unspecified atom stereocenters. The number of amides is 2. The van der Waals surface area contributed by atoms with Gasteiger partial charge in [-0.15, -0.1) is 0 Å². The number of hydrogen-bond donors (Lipinski definition) is 2. The molecular weight excluding hydrogens is 296 g/mol. The Hall–Kier alpha value is -2.08. The van der Waals surface area contributed by atoms with Crippen molar-refractivity contribution in [3.63, 3.8) is 0 Å². The van der Waals surface area contributed by atoms with Crippen molar-refractivity contribution in [1.29, 1.82) is 0 Å². The van der Waals surface area contributed by atoms with E-state index in [4.69, 9.17) is 9.47 Å². The molecule has 2 N–H and O–H groups in total. The first-order chi connectivity index (χ1) is 11.2. The molecule has 2 aliphatic rings. The molecule has 1 saturated heterocycles. The number of ether oxygens (including phenoxy) is 2. The number of nitrogens with one attached hydrogen (secondary N) is 2. The molecule has 0 aromatic heterocycles. The molecule has 124 valence electrons. The largest absolute Gasteiger partial charge is 0.491 e. The highest BCUT2D eigenvalue weighted by Crippen LogP contribution is 2.18. The highest BCUT2D eigenvalue weighted by molar-refractivity contribution is 5.96. The Morgan fingerprint density at radius 1 is 1.17 bits per heavy atom. The van der Waals surface area contributed by atoms with Crippen molar-refractivity contribution in [3.8, 4) is 5.75 Å². The summed E-state index contributed by atoms with van der Waals surface area (Å²) in [5.74, 6) is 0.308. The Labute approximate surface area is 135 Å². The maximum Gasteiger partial charge on any atom is 0.251 e. The van der Waals surface area contributed by atoms with Crippen LogP contribution in [0.25, 0.3) is 0 Å². The molecule has 0 spiro atoms. The van der Waals surface area contributed by atoms with Crippen molar-refractivity contribution >= 4 is 11.8 Å². The molecule has 23 heavy (non-hydrogen) atoms. The molecule has 1 heterocycles. The minimum absolute atomic E-state index is 0.00655. The molecule has 2 amide bonds. The van der Waals surface area contributed by atoms with Crippen molar-refractivity contribution < 1.29 is 19.1 Å². The van der Waals surface area contributed by atoms with Gasteiger partial charge in [-0.1, -0.05) is 0 Å². The quantitative estimate of drug-likeness (QED) is 0.793. The minimum atomic E-state index is -0.262. The van der Waals surface area contributed by atoms with Gasteiger partial charge in [0, 0.05) is 18.2 Å². The number of rotatable bonds is 7. The van der Waals surface area contributed by atoms with Gasteiger partial charge in [0.2, 0.25) is 5.91 Å². The number of benzene rings is 1. The van der Waals surface area contributed by atoms with Gasteiger partial charge in [0.1, 0.15) is 12.4 Å². The molecule has 2 fully saturated rings. The van der Waals surface area contributed by atoms with Gasteiger partial charge in [-0.3, -0.25) is 9.59 Å². The fourth-order valence-electron chi connectivity index (χ4n) is 2.44. The second-order valence-corrected chi connectivity index (χ2v) is 5.99. The Morgan fingerprint density at radius 3 is 2.61 bits per heavy atom. The van der Waals surface area contributed by atoms with Crippen LogP contribution in [0.15, 0.2) is 24.3 Å². The van der Waals surface area contributed by atoms with Crippen LogP contribution < -0.4 is 15.4 Å². The average Bonchev–Trinajstić information content (AvgIpc) is 3.22. The summed E-state index contributed by atoms with van der Waals surface area (Å²) in [7, 11) is 0. The number of carbonyl (C=O) groups is 2. The van der Waals surface area contributed by atoms with Gasteiger partial charge < -0.3 is 20.1 Å². The maximum absolute atomic E-state index is 12.0. The molecule has 0 radical (unpaired) electrons. The molecule has 1 saturated carbocycles. The van der Waals surface area contributed by atoms with Crippen LogP contribution in [0.3, 0.4) is 0 Å². The normalized spacial score (nSPS) is 20.1. The predicted octanol–water partition coefficient (Wildman–Crippen LogP) is 1.25. The number of carbonyl (C=O) groups excluding carboxylic acids is 2. The summed E-state index contributed by atoms with van der Waals surface area (Å²) >= 11 is 0. The van der Waals surface area contributed by atoms with E-state index in [-0.39, 0.29) is 24.5 Å². The third-order valence-electron chi connectivity index (χ3n) is 3.93. The monoisotopic (exact) mass is 318 g/mol. The average molecular weight is 318 g/mol. The van der Waals surface area contributed by atoms with Gasteiger partial charge in [-0.05, 0) is 49.9 Å². The fraction of sp³-hybridized carbons (Fsp3) is 0.529. The summed E-state index contributed by atoms with van der Waals surface area (Å²) in [6, 6.07) is 7.21.